The molecule has 1 aliphatic rings. The van der Waals surface area contributed by atoms with Gasteiger partial charge in [0.25, 0.3) is 0 Å². The standard InChI is InChI=1S/C28H28FNO5S/c1-36(33,34)19-28(32)30-18-22(15-20-5-3-2-4-6-20)16-26(30)27(31)17-21-7-11-24(12-8-21)35-25-13-9-23(29)10-14-25/h2-14,22,26H,15-19H2,1H3/t22-,26+/m1/s1. The van der Waals surface area contributed by atoms with Gasteiger partial charge in [0.15, 0.2) is 15.6 Å². The summed E-state index contributed by atoms with van der Waals surface area (Å²) in [5.41, 5.74) is 1.87. The molecule has 0 aromatic heterocycles. The molecule has 1 aliphatic heterocycles. The van der Waals surface area contributed by atoms with Crippen LogP contribution >= 0.6 is 0 Å². The van der Waals surface area contributed by atoms with Crippen molar-refractivity contribution in [3.63, 3.8) is 0 Å². The zero-order chi connectivity index (χ0) is 25.7. The molecule has 0 N–H and O–H groups in total. The van der Waals surface area contributed by atoms with Crippen LogP contribution in [-0.2, 0) is 32.3 Å². The molecule has 1 heterocycles. The van der Waals surface area contributed by atoms with Crippen LogP contribution in [0.15, 0.2) is 78.9 Å². The van der Waals surface area contributed by atoms with Crippen molar-refractivity contribution in [2.24, 2.45) is 5.92 Å². The Balaban J connectivity index is 1.44. The maximum absolute atomic E-state index is 13.3. The highest BCUT2D eigenvalue weighted by Gasteiger charge is 2.39. The summed E-state index contributed by atoms with van der Waals surface area (Å²) >= 11 is 0. The lowest BCUT2D eigenvalue weighted by Gasteiger charge is -2.23. The maximum atomic E-state index is 13.3. The van der Waals surface area contributed by atoms with Crippen molar-refractivity contribution in [1.29, 1.82) is 0 Å². The molecule has 1 fully saturated rings. The highest BCUT2D eigenvalue weighted by atomic mass is 32.2. The first-order valence-electron chi connectivity index (χ1n) is 11.7. The van der Waals surface area contributed by atoms with Crippen LogP contribution in [0.25, 0.3) is 0 Å². The lowest BCUT2D eigenvalue weighted by molar-refractivity contribution is -0.135. The molecule has 8 heteroatoms. The third kappa shape index (κ3) is 7.01. The topological polar surface area (TPSA) is 80.8 Å². The second-order valence-corrected chi connectivity index (χ2v) is 11.4. The van der Waals surface area contributed by atoms with Crippen LogP contribution in [0.4, 0.5) is 4.39 Å². The molecule has 188 valence electrons. The minimum absolute atomic E-state index is 0.0661. The fraction of sp³-hybridized carbons (Fsp3) is 0.286. The number of ketones is 1. The monoisotopic (exact) mass is 509 g/mol. The normalized spacial score (nSPS) is 17.7. The third-order valence-electron chi connectivity index (χ3n) is 6.18. The SMILES string of the molecule is CS(=O)(=O)CC(=O)N1C[C@H](Cc2ccccc2)C[C@H]1C(=O)Cc1ccc(Oc2ccc(F)cc2)cc1. The lowest BCUT2D eigenvalue weighted by Crippen LogP contribution is -2.43. The first-order chi connectivity index (χ1) is 17.2. The molecule has 0 bridgehead atoms. The molecule has 4 rings (SSSR count). The van der Waals surface area contributed by atoms with Crippen LogP contribution in [0.2, 0.25) is 0 Å². The van der Waals surface area contributed by atoms with E-state index in [2.05, 4.69) is 0 Å². The quantitative estimate of drug-likeness (QED) is 0.431. The number of nitrogens with zero attached hydrogens (tertiary/aromatic N) is 1. The van der Waals surface area contributed by atoms with E-state index in [-0.39, 0.29) is 23.9 Å². The molecule has 2 atom stereocenters. The summed E-state index contributed by atoms with van der Waals surface area (Å²) in [6.45, 7) is 0.351. The van der Waals surface area contributed by atoms with E-state index in [0.29, 0.717) is 30.9 Å². The average Bonchev–Trinajstić information content (AvgIpc) is 3.26. The predicted octanol–water partition coefficient (Wildman–Crippen LogP) is 4.23. The van der Waals surface area contributed by atoms with Crippen LogP contribution in [0.5, 0.6) is 11.5 Å². The number of Topliss-reactive ketones (excluding diaryl/α,β-unsaturated/α-hetero) is 1. The molecule has 6 nitrogen and oxygen atoms in total. The smallest absolute Gasteiger partial charge is 0.238 e. The molecule has 36 heavy (non-hydrogen) atoms. The Morgan fingerprint density at radius 2 is 1.53 bits per heavy atom. The van der Waals surface area contributed by atoms with Gasteiger partial charge in [-0.1, -0.05) is 42.5 Å². The Morgan fingerprint density at radius 1 is 0.917 bits per heavy atom. The van der Waals surface area contributed by atoms with Crippen LogP contribution < -0.4 is 4.74 Å². The predicted molar refractivity (Wildman–Crippen MR) is 135 cm³/mol. The molecule has 3 aromatic carbocycles. The summed E-state index contributed by atoms with van der Waals surface area (Å²) < 4.78 is 42.3. The van der Waals surface area contributed by atoms with Crippen LogP contribution in [0.1, 0.15) is 17.5 Å². The number of carbonyl (C=O) groups is 2. The van der Waals surface area contributed by atoms with E-state index in [0.717, 1.165) is 17.4 Å². The van der Waals surface area contributed by atoms with E-state index in [4.69, 9.17) is 4.74 Å². The van der Waals surface area contributed by atoms with Gasteiger partial charge in [-0.2, -0.15) is 0 Å². The zero-order valence-corrected chi connectivity index (χ0v) is 20.8. The average molecular weight is 510 g/mol. The number of hydrogen-bond acceptors (Lipinski definition) is 5. The molecule has 0 spiro atoms. The fourth-order valence-electron chi connectivity index (χ4n) is 4.54. The van der Waals surface area contributed by atoms with E-state index in [1.54, 1.807) is 24.3 Å². The first kappa shape index (κ1) is 25.6. The number of likely N-dealkylation sites (tertiary alicyclic amines) is 1. The number of hydrogen-bond donors (Lipinski definition) is 0. The number of sulfone groups is 1. The molecule has 0 aliphatic carbocycles. The molecule has 0 radical (unpaired) electrons. The molecule has 0 saturated carbocycles. The van der Waals surface area contributed by atoms with E-state index in [9.17, 15) is 22.4 Å². The number of rotatable bonds is 9. The van der Waals surface area contributed by atoms with Gasteiger partial charge < -0.3 is 9.64 Å². The van der Waals surface area contributed by atoms with Gasteiger partial charge in [0, 0.05) is 19.2 Å². The van der Waals surface area contributed by atoms with Gasteiger partial charge in [0.05, 0.1) is 6.04 Å². The Bertz CT molecular complexity index is 1310. The second-order valence-electron chi connectivity index (χ2n) is 9.27. The molecular weight excluding hydrogens is 481 g/mol. The van der Waals surface area contributed by atoms with Gasteiger partial charge in [0.2, 0.25) is 5.91 Å². The van der Waals surface area contributed by atoms with Gasteiger partial charge in [-0.25, -0.2) is 12.8 Å². The van der Waals surface area contributed by atoms with Crippen molar-refractivity contribution in [3.8, 4) is 11.5 Å². The largest absolute Gasteiger partial charge is 0.457 e. The van der Waals surface area contributed by atoms with Gasteiger partial charge >= 0.3 is 0 Å². The number of benzene rings is 3. The fourth-order valence-corrected chi connectivity index (χ4v) is 5.15. The van der Waals surface area contributed by atoms with Crippen molar-refractivity contribution in [1.82, 2.24) is 4.90 Å². The molecule has 0 unspecified atom stereocenters. The van der Waals surface area contributed by atoms with Gasteiger partial charge in [0.1, 0.15) is 23.1 Å². The summed E-state index contributed by atoms with van der Waals surface area (Å²) in [4.78, 5) is 27.6. The Hall–Kier alpha value is -3.52. The number of ether oxygens (including phenoxy) is 1. The maximum Gasteiger partial charge on any atom is 0.238 e. The number of amides is 1. The zero-order valence-electron chi connectivity index (χ0n) is 20.0. The number of carbonyl (C=O) groups excluding carboxylic acids is 2. The number of halogens is 1. The van der Waals surface area contributed by atoms with Gasteiger partial charge in [-0.05, 0) is 66.3 Å². The second kappa shape index (κ2) is 11.0. The summed E-state index contributed by atoms with van der Waals surface area (Å²) in [6.07, 6.45) is 2.34. The van der Waals surface area contributed by atoms with Crippen molar-refractivity contribution in [2.45, 2.75) is 25.3 Å². The van der Waals surface area contributed by atoms with Gasteiger partial charge in [-0.15, -0.1) is 0 Å². The Labute approximate surface area is 210 Å². The lowest BCUT2D eigenvalue weighted by atomic mass is 9.94. The molecule has 1 amide bonds. The van der Waals surface area contributed by atoms with Crippen LogP contribution in [0, 0.1) is 11.7 Å². The minimum atomic E-state index is -3.52. The highest BCUT2D eigenvalue weighted by molar-refractivity contribution is 7.91. The van der Waals surface area contributed by atoms with Crippen molar-refractivity contribution < 1.29 is 27.1 Å². The van der Waals surface area contributed by atoms with E-state index >= 15 is 0 Å². The van der Waals surface area contributed by atoms with Crippen molar-refractivity contribution in [2.75, 3.05) is 18.6 Å². The third-order valence-corrected chi connectivity index (χ3v) is 6.95. The van der Waals surface area contributed by atoms with Gasteiger partial charge in [-0.3, -0.25) is 9.59 Å². The summed E-state index contributed by atoms with van der Waals surface area (Å²) in [7, 11) is -3.52. The van der Waals surface area contributed by atoms with Crippen molar-refractivity contribution in [3.05, 3.63) is 95.8 Å². The minimum Gasteiger partial charge on any atom is -0.457 e. The van der Waals surface area contributed by atoms with Crippen LogP contribution in [-0.4, -0.2) is 49.6 Å². The highest BCUT2D eigenvalue weighted by Crippen LogP contribution is 2.29. The molecular formula is C28H28FNO5S. The Kier molecular flexibility index (Phi) is 7.84. The molecule has 1 saturated heterocycles. The van der Waals surface area contributed by atoms with E-state index in [1.165, 1.54) is 29.2 Å². The van der Waals surface area contributed by atoms with E-state index in [1.807, 2.05) is 30.3 Å². The van der Waals surface area contributed by atoms with Crippen LogP contribution in [0.3, 0.4) is 0 Å². The first-order valence-corrected chi connectivity index (χ1v) is 13.8. The molecule has 3 aromatic rings. The summed E-state index contributed by atoms with van der Waals surface area (Å²) in [5, 5.41) is 0. The van der Waals surface area contributed by atoms with Crippen molar-refractivity contribution >= 4 is 21.5 Å². The van der Waals surface area contributed by atoms with E-state index < -0.39 is 27.5 Å². The summed E-state index contributed by atoms with van der Waals surface area (Å²) in [5.74, 6) is -0.504. The Morgan fingerprint density at radius 3 is 2.14 bits per heavy atom. The summed E-state index contributed by atoms with van der Waals surface area (Å²) in [6, 6.07) is 21.9.